The SMILES string of the molecule is Cc1c(N2CCN(C=O)C(C)C2)c(F)cc2c(=O)c(C(=O)O)cn(C3CC3)c12. The first kappa shape index (κ1) is 18.5. The average Bonchev–Trinajstić information content (AvgIpc) is 3.47. The van der Waals surface area contributed by atoms with Crippen LogP contribution in [0.1, 0.15) is 41.7 Å². The van der Waals surface area contributed by atoms with E-state index in [0.717, 1.165) is 19.3 Å². The van der Waals surface area contributed by atoms with Crippen molar-refractivity contribution in [1.29, 1.82) is 0 Å². The van der Waals surface area contributed by atoms with Crippen LogP contribution in [-0.4, -0.2) is 52.6 Å². The van der Waals surface area contributed by atoms with E-state index in [1.807, 2.05) is 16.4 Å². The van der Waals surface area contributed by atoms with E-state index in [4.69, 9.17) is 0 Å². The molecule has 1 atom stereocenters. The lowest BCUT2D eigenvalue weighted by molar-refractivity contribution is -0.120. The first-order valence-electron chi connectivity index (χ1n) is 9.40. The van der Waals surface area contributed by atoms with E-state index in [-0.39, 0.29) is 23.0 Å². The monoisotopic (exact) mass is 387 g/mol. The summed E-state index contributed by atoms with van der Waals surface area (Å²) in [4.78, 5) is 38.9. The van der Waals surface area contributed by atoms with Gasteiger partial charge in [-0.3, -0.25) is 9.59 Å². The van der Waals surface area contributed by atoms with Gasteiger partial charge in [0.15, 0.2) is 0 Å². The van der Waals surface area contributed by atoms with E-state index < -0.39 is 17.2 Å². The highest BCUT2D eigenvalue weighted by atomic mass is 19.1. The Kier molecular flexibility index (Phi) is 4.36. The second-order valence-corrected chi connectivity index (χ2v) is 7.68. The summed E-state index contributed by atoms with van der Waals surface area (Å²) in [7, 11) is 0. The summed E-state index contributed by atoms with van der Waals surface area (Å²) in [5.74, 6) is -1.85. The third-order valence-electron chi connectivity index (χ3n) is 5.78. The smallest absolute Gasteiger partial charge is 0.341 e. The van der Waals surface area contributed by atoms with Crippen LogP contribution in [0, 0.1) is 12.7 Å². The Balaban J connectivity index is 1.92. The normalized spacial score (nSPS) is 19.9. The van der Waals surface area contributed by atoms with E-state index >= 15 is 4.39 Å². The molecule has 1 unspecified atom stereocenters. The number of carbonyl (C=O) groups excluding carboxylic acids is 1. The van der Waals surface area contributed by atoms with Crippen molar-refractivity contribution in [2.45, 2.75) is 38.8 Å². The Labute approximate surface area is 161 Å². The molecule has 1 aromatic carbocycles. The van der Waals surface area contributed by atoms with Crippen LogP contribution in [0.5, 0.6) is 0 Å². The highest BCUT2D eigenvalue weighted by Gasteiger charge is 2.31. The van der Waals surface area contributed by atoms with Gasteiger partial charge in [-0.05, 0) is 38.3 Å². The van der Waals surface area contributed by atoms with Crippen LogP contribution in [-0.2, 0) is 4.79 Å². The van der Waals surface area contributed by atoms with Crippen LogP contribution in [0.3, 0.4) is 0 Å². The first-order chi connectivity index (χ1) is 13.3. The van der Waals surface area contributed by atoms with Gasteiger partial charge in [-0.15, -0.1) is 0 Å². The van der Waals surface area contributed by atoms with E-state index in [0.29, 0.717) is 36.4 Å². The van der Waals surface area contributed by atoms with Crippen LogP contribution < -0.4 is 10.3 Å². The molecule has 1 saturated heterocycles. The maximum absolute atomic E-state index is 15.1. The van der Waals surface area contributed by atoms with Crippen molar-refractivity contribution in [2.24, 2.45) is 0 Å². The number of halogens is 1. The third kappa shape index (κ3) is 2.83. The summed E-state index contributed by atoms with van der Waals surface area (Å²) < 4.78 is 16.9. The minimum absolute atomic E-state index is 0.0549. The van der Waals surface area contributed by atoms with Gasteiger partial charge in [-0.1, -0.05) is 0 Å². The van der Waals surface area contributed by atoms with Crippen LogP contribution in [0.15, 0.2) is 17.1 Å². The zero-order chi connectivity index (χ0) is 20.2. The molecule has 0 spiro atoms. The minimum atomic E-state index is -1.30. The lowest BCUT2D eigenvalue weighted by Gasteiger charge is -2.40. The largest absolute Gasteiger partial charge is 0.477 e. The van der Waals surface area contributed by atoms with Crippen molar-refractivity contribution in [1.82, 2.24) is 9.47 Å². The van der Waals surface area contributed by atoms with Crippen molar-refractivity contribution in [3.05, 3.63) is 39.4 Å². The molecule has 1 aromatic heterocycles. The second-order valence-electron chi connectivity index (χ2n) is 7.68. The fraction of sp³-hybridized carbons (Fsp3) is 0.450. The van der Waals surface area contributed by atoms with E-state index in [2.05, 4.69) is 0 Å². The molecule has 2 heterocycles. The third-order valence-corrected chi connectivity index (χ3v) is 5.78. The molecule has 28 heavy (non-hydrogen) atoms. The molecule has 8 heteroatoms. The predicted octanol–water partition coefficient (Wildman–Crippen LogP) is 2.15. The second kappa shape index (κ2) is 6.61. The van der Waals surface area contributed by atoms with Gasteiger partial charge in [-0.25, -0.2) is 9.18 Å². The molecule has 2 fully saturated rings. The van der Waals surface area contributed by atoms with Crippen LogP contribution in [0.25, 0.3) is 10.9 Å². The van der Waals surface area contributed by atoms with Gasteiger partial charge in [0.2, 0.25) is 11.8 Å². The number of carbonyl (C=O) groups is 2. The number of amides is 1. The average molecular weight is 387 g/mol. The van der Waals surface area contributed by atoms with Crippen molar-refractivity contribution in [2.75, 3.05) is 24.5 Å². The van der Waals surface area contributed by atoms with E-state index in [1.54, 1.807) is 11.8 Å². The number of piperazine rings is 1. The molecule has 1 saturated carbocycles. The van der Waals surface area contributed by atoms with Gasteiger partial charge >= 0.3 is 5.97 Å². The van der Waals surface area contributed by atoms with Crippen molar-refractivity contribution in [3.63, 3.8) is 0 Å². The molecule has 1 aliphatic carbocycles. The number of rotatable bonds is 4. The molecule has 0 bridgehead atoms. The molecule has 0 radical (unpaired) electrons. The number of aryl methyl sites for hydroxylation is 1. The Morgan fingerprint density at radius 1 is 1.32 bits per heavy atom. The van der Waals surface area contributed by atoms with Gasteiger partial charge in [-0.2, -0.15) is 0 Å². The number of hydrogen-bond acceptors (Lipinski definition) is 4. The zero-order valence-electron chi connectivity index (χ0n) is 15.8. The quantitative estimate of drug-likeness (QED) is 0.813. The molecule has 1 aliphatic heterocycles. The number of pyridine rings is 1. The zero-order valence-corrected chi connectivity index (χ0v) is 15.8. The fourth-order valence-electron chi connectivity index (χ4n) is 4.18. The number of carboxylic acids is 1. The summed E-state index contributed by atoms with van der Waals surface area (Å²) in [6.45, 7) is 5.16. The molecule has 2 aromatic rings. The molecule has 7 nitrogen and oxygen atoms in total. The number of anilines is 1. The molecule has 148 valence electrons. The molecule has 2 aliphatic rings. The van der Waals surface area contributed by atoms with Crippen molar-refractivity contribution >= 4 is 29.0 Å². The van der Waals surface area contributed by atoms with Crippen molar-refractivity contribution in [3.8, 4) is 0 Å². The summed E-state index contributed by atoms with van der Waals surface area (Å²) in [6.07, 6.45) is 4.01. The Hall–Kier alpha value is -2.90. The number of benzene rings is 1. The number of carboxylic acid groups (broad SMARTS) is 1. The molecular formula is C20H22FN3O4. The summed E-state index contributed by atoms with van der Waals surface area (Å²) in [6, 6.07) is 1.24. The van der Waals surface area contributed by atoms with Crippen molar-refractivity contribution < 1.29 is 19.1 Å². The highest BCUT2D eigenvalue weighted by Crippen LogP contribution is 2.40. The van der Waals surface area contributed by atoms with Gasteiger partial charge in [0.25, 0.3) is 0 Å². The summed E-state index contributed by atoms with van der Waals surface area (Å²) in [5.41, 5.74) is 0.648. The number of aromatic carboxylic acids is 1. The topological polar surface area (TPSA) is 82.8 Å². The number of fused-ring (bicyclic) bond motifs is 1. The highest BCUT2D eigenvalue weighted by molar-refractivity contribution is 5.95. The molecule has 1 N–H and O–H groups in total. The summed E-state index contributed by atoms with van der Waals surface area (Å²) in [5, 5.41) is 9.48. The Morgan fingerprint density at radius 3 is 2.61 bits per heavy atom. The first-order valence-corrected chi connectivity index (χ1v) is 9.40. The van der Waals surface area contributed by atoms with E-state index in [1.165, 1.54) is 12.3 Å². The lowest BCUT2D eigenvalue weighted by Crippen LogP contribution is -2.51. The molecular weight excluding hydrogens is 365 g/mol. The summed E-state index contributed by atoms with van der Waals surface area (Å²) >= 11 is 0. The lowest BCUT2D eigenvalue weighted by atomic mass is 10.0. The predicted molar refractivity (Wildman–Crippen MR) is 103 cm³/mol. The standard InChI is InChI=1S/C20H22FN3O4/c1-11-8-22(5-6-23(11)10-25)18-12(2)17-14(7-16(18)21)19(26)15(20(27)28)9-24(17)13-3-4-13/h7,9-11,13H,3-6,8H2,1-2H3,(H,27,28). The number of hydrogen-bond donors (Lipinski definition) is 1. The molecule has 4 rings (SSSR count). The van der Waals surface area contributed by atoms with Gasteiger partial charge in [0.05, 0.1) is 11.2 Å². The molecule has 1 amide bonds. The van der Waals surface area contributed by atoms with Crippen LogP contribution in [0.4, 0.5) is 10.1 Å². The maximum Gasteiger partial charge on any atom is 0.341 e. The Morgan fingerprint density at radius 2 is 2.04 bits per heavy atom. The van der Waals surface area contributed by atoms with Crippen LogP contribution in [0.2, 0.25) is 0 Å². The Bertz CT molecular complexity index is 1040. The van der Waals surface area contributed by atoms with Crippen LogP contribution >= 0.6 is 0 Å². The number of aromatic nitrogens is 1. The maximum atomic E-state index is 15.1. The van der Waals surface area contributed by atoms with Gasteiger partial charge in [0, 0.05) is 43.3 Å². The van der Waals surface area contributed by atoms with E-state index in [9.17, 15) is 19.5 Å². The number of nitrogens with zero attached hydrogens (tertiary/aromatic N) is 3. The van der Waals surface area contributed by atoms with Gasteiger partial charge in [0.1, 0.15) is 11.4 Å². The van der Waals surface area contributed by atoms with Gasteiger partial charge < -0.3 is 19.5 Å². The minimum Gasteiger partial charge on any atom is -0.477 e. The fourth-order valence-corrected chi connectivity index (χ4v) is 4.18.